The molecule has 7 nitrogen and oxygen atoms in total. The molecule has 28 heavy (non-hydrogen) atoms. The normalized spacial score (nSPS) is 21.7. The third kappa shape index (κ3) is 5.85. The van der Waals surface area contributed by atoms with Gasteiger partial charge in [-0.15, -0.1) is 0 Å². The zero-order valence-electron chi connectivity index (χ0n) is 18.0. The van der Waals surface area contributed by atoms with Crippen LogP contribution < -0.4 is 10.6 Å². The predicted octanol–water partition coefficient (Wildman–Crippen LogP) is 2.36. The number of carbonyl (C=O) groups is 3. The van der Waals surface area contributed by atoms with E-state index >= 15 is 0 Å². The second-order valence-corrected chi connectivity index (χ2v) is 8.62. The fourth-order valence-electron chi connectivity index (χ4n) is 4.10. The van der Waals surface area contributed by atoms with E-state index in [1.807, 2.05) is 20.8 Å². The number of carbonyl (C=O) groups excluding carboxylic acids is 3. The molecule has 2 N–H and O–H groups in total. The smallest absolute Gasteiger partial charge is 0.317 e. The van der Waals surface area contributed by atoms with Crippen LogP contribution in [0.1, 0.15) is 66.2 Å². The molecular formula is C21H38N4O3. The maximum Gasteiger partial charge on any atom is 0.317 e. The molecule has 2 rings (SSSR count). The number of nitrogens with one attached hydrogen (secondary N) is 2. The minimum Gasteiger partial charge on any atom is -0.344 e. The van der Waals surface area contributed by atoms with Crippen LogP contribution in [0, 0.1) is 11.8 Å². The molecule has 1 aliphatic carbocycles. The first-order valence-corrected chi connectivity index (χ1v) is 11.0. The molecule has 2 unspecified atom stereocenters. The lowest BCUT2D eigenvalue weighted by molar-refractivity contribution is -0.140. The Kier molecular flexibility index (Phi) is 8.58. The molecule has 0 aromatic carbocycles. The highest BCUT2D eigenvalue weighted by atomic mass is 16.2. The van der Waals surface area contributed by atoms with Gasteiger partial charge in [-0.3, -0.25) is 9.59 Å². The maximum absolute atomic E-state index is 13.1. The summed E-state index contributed by atoms with van der Waals surface area (Å²) in [4.78, 5) is 41.6. The summed E-state index contributed by atoms with van der Waals surface area (Å²) in [5.41, 5.74) is 0. The van der Waals surface area contributed by atoms with Gasteiger partial charge in [0.05, 0.1) is 0 Å². The van der Waals surface area contributed by atoms with Gasteiger partial charge in [0.25, 0.3) is 0 Å². The van der Waals surface area contributed by atoms with Crippen molar-refractivity contribution in [2.45, 2.75) is 78.3 Å². The van der Waals surface area contributed by atoms with E-state index in [4.69, 9.17) is 0 Å². The molecule has 1 heterocycles. The van der Waals surface area contributed by atoms with Crippen molar-refractivity contribution in [3.63, 3.8) is 0 Å². The molecule has 4 amide bonds. The number of rotatable bonds is 7. The van der Waals surface area contributed by atoms with E-state index in [0.717, 1.165) is 38.5 Å². The largest absolute Gasteiger partial charge is 0.344 e. The van der Waals surface area contributed by atoms with Crippen LogP contribution in [0.2, 0.25) is 0 Å². The summed E-state index contributed by atoms with van der Waals surface area (Å²) in [6.07, 6.45) is 6.05. The number of amides is 4. The number of hydrogen-bond donors (Lipinski definition) is 2. The van der Waals surface area contributed by atoms with E-state index in [1.165, 1.54) is 0 Å². The summed E-state index contributed by atoms with van der Waals surface area (Å²) in [5.74, 6) is 0.0749. The van der Waals surface area contributed by atoms with Crippen LogP contribution in [-0.2, 0) is 9.59 Å². The number of urea groups is 1. The third-order valence-corrected chi connectivity index (χ3v) is 5.96. The summed E-state index contributed by atoms with van der Waals surface area (Å²) >= 11 is 0. The zero-order valence-corrected chi connectivity index (χ0v) is 18.0. The van der Waals surface area contributed by atoms with Crippen molar-refractivity contribution in [1.29, 1.82) is 0 Å². The molecule has 0 aromatic heterocycles. The van der Waals surface area contributed by atoms with Crippen LogP contribution in [0.5, 0.6) is 0 Å². The Bertz CT molecular complexity index is 546. The molecule has 1 saturated carbocycles. The van der Waals surface area contributed by atoms with Crippen molar-refractivity contribution < 1.29 is 14.4 Å². The fourth-order valence-corrected chi connectivity index (χ4v) is 4.10. The first kappa shape index (κ1) is 22.5. The van der Waals surface area contributed by atoms with Crippen LogP contribution in [0.15, 0.2) is 0 Å². The van der Waals surface area contributed by atoms with Crippen molar-refractivity contribution in [2.75, 3.05) is 26.2 Å². The monoisotopic (exact) mass is 394 g/mol. The number of hydrogen-bond acceptors (Lipinski definition) is 3. The van der Waals surface area contributed by atoms with Gasteiger partial charge in [0.1, 0.15) is 6.04 Å². The van der Waals surface area contributed by atoms with Gasteiger partial charge < -0.3 is 20.4 Å². The molecule has 2 aliphatic rings. The van der Waals surface area contributed by atoms with Crippen molar-refractivity contribution >= 4 is 17.8 Å². The van der Waals surface area contributed by atoms with Gasteiger partial charge in [0, 0.05) is 38.1 Å². The van der Waals surface area contributed by atoms with Gasteiger partial charge in [-0.05, 0) is 32.1 Å². The Morgan fingerprint density at radius 1 is 1.11 bits per heavy atom. The van der Waals surface area contributed by atoms with E-state index in [2.05, 4.69) is 17.6 Å². The van der Waals surface area contributed by atoms with E-state index in [-0.39, 0.29) is 35.7 Å². The quantitative estimate of drug-likeness (QED) is 0.651. The standard InChI is InChI=1S/C21H38N4O3/c1-5-6-11-22-21(28)25-13-12-24(14-16(25)4)20(27)18(15(2)3)23-19(26)17-9-7-8-10-17/h15-18H,5-14H2,1-4H3,(H,22,28)(H,23,26). The first-order chi connectivity index (χ1) is 13.3. The second-order valence-electron chi connectivity index (χ2n) is 8.62. The molecule has 160 valence electrons. The predicted molar refractivity (Wildman–Crippen MR) is 110 cm³/mol. The minimum atomic E-state index is -0.495. The van der Waals surface area contributed by atoms with E-state index in [1.54, 1.807) is 9.80 Å². The Morgan fingerprint density at radius 2 is 1.79 bits per heavy atom. The SMILES string of the molecule is CCCCNC(=O)N1CCN(C(=O)C(NC(=O)C2CCCC2)C(C)C)CC1C. The molecule has 2 atom stereocenters. The molecule has 1 saturated heterocycles. The summed E-state index contributed by atoms with van der Waals surface area (Å²) in [5, 5.41) is 5.97. The topological polar surface area (TPSA) is 81.8 Å². The summed E-state index contributed by atoms with van der Waals surface area (Å²) in [6, 6.07) is -0.592. The van der Waals surface area contributed by atoms with Gasteiger partial charge in [-0.2, -0.15) is 0 Å². The highest BCUT2D eigenvalue weighted by Gasteiger charge is 2.35. The van der Waals surface area contributed by atoms with Crippen molar-refractivity contribution in [2.24, 2.45) is 11.8 Å². The Labute approximate surface area is 169 Å². The lowest BCUT2D eigenvalue weighted by Gasteiger charge is -2.41. The number of unbranched alkanes of at least 4 members (excludes halogenated alkanes) is 1. The molecule has 7 heteroatoms. The highest BCUT2D eigenvalue weighted by molar-refractivity contribution is 5.89. The van der Waals surface area contributed by atoms with E-state index in [9.17, 15) is 14.4 Å². The van der Waals surface area contributed by atoms with Crippen molar-refractivity contribution in [1.82, 2.24) is 20.4 Å². The molecule has 0 aromatic rings. The van der Waals surface area contributed by atoms with Crippen LogP contribution in [0.25, 0.3) is 0 Å². The first-order valence-electron chi connectivity index (χ1n) is 11.0. The third-order valence-electron chi connectivity index (χ3n) is 5.96. The average Bonchev–Trinajstić information content (AvgIpc) is 3.20. The lowest BCUT2D eigenvalue weighted by atomic mass is 9.99. The molecule has 2 fully saturated rings. The molecule has 0 bridgehead atoms. The Hall–Kier alpha value is -1.79. The number of nitrogens with zero attached hydrogens (tertiary/aromatic N) is 2. The van der Waals surface area contributed by atoms with Gasteiger partial charge >= 0.3 is 6.03 Å². The van der Waals surface area contributed by atoms with Crippen LogP contribution >= 0.6 is 0 Å². The second kappa shape index (κ2) is 10.7. The van der Waals surface area contributed by atoms with Crippen LogP contribution in [0.3, 0.4) is 0 Å². The zero-order chi connectivity index (χ0) is 20.7. The van der Waals surface area contributed by atoms with Crippen LogP contribution in [-0.4, -0.2) is 65.9 Å². The summed E-state index contributed by atoms with van der Waals surface area (Å²) in [6.45, 7) is 10.2. The molecule has 1 aliphatic heterocycles. The summed E-state index contributed by atoms with van der Waals surface area (Å²) in [7, 11) is 0. The van der Waals surface area contributed by atoms with Gasteiger partial charge in [-0.1, -0.05) is 40.0 Å². The lowest BCUT2D eigenvalue weighted by Crippen LogP contribution is -2.61. The van der Waals surface area contributed by atoms with E-state index < -0.39 is 6.04 Å². The fraction of sp³-hybridized carbons (Fsp3) is 0.857. The summed E-state index contributed by atoms with van der Waals surface area (Å²) < 4.78 is 0. The Balaban J connectivity index is 1.91. The highest BCUT2D eigenvalue weighted by Crippen LogP contribution is 2.25. The maximum atomic E-state index is 13.1. The average molecular weight is 395 g/mol. The van der Waals surface area contributed by atoms with E-state index in [0.29, 0.717) is 26.2 Å². The molecule has 0 spiro atoms. The van der Waals surface area contributed by atoms with Gasteiger partial charge in [-0.25, -0.2) is 4.79 Å². The van der Waals surface area contributed by atoms with Crippen molar-refractivity contribution in [3.8, 4) is 0 Å². The van der Waals surface area contributed by atoms with Gasteiger partial charge in [0.15, 0.2) is 0 Å². The number of piperazine rings is 1. The van der Waals surface area contributed by atoms with Gasteiger partial charge in [0.2, 0.25) is 11.8 Å². The van der Waals surface area contributed by atoms with Crippen molar-refractivity contribution in [3.05, 3.63) is 0 Å². The molecular weight excluding hydrogens is 356 g/mol. The Morgan fingerprint density at radius 3 is 2.36 bits per heavy atom. The molecule has 0 radical (unpaired) electrons. The van der Waals surface area contributed by atoms with Crippen LogP contribution in [0.4, 0.5) is 4.79 Å². The minimum absolute atomic E-state index is 0.0199.